The van der Waals surface area contributed by atoms with Crippen LogP contribution in [-0.2, 0) is 14.3 Å². The third kappa shape index (κ3) is 4.60. The van der Waals surface area contributed by atoms with Gasteiger partial charge in [-0.1, -0.05) is 12.1 Å². The van der Waals surface area contributed by atoms with Crippen molar-refractivity contribution in [2.75, 3.05) is 44.3 Å². The summed E-state index contributed by atoms with van der Waals surface area (Å²) in [5.74, 6) is -1.13. The first-order valence-corrected chi connectivity index (χ1v) is 8.76. The first-order valence-electron chi connectivity index (χ1n) is 8.76. The summed E-state index contributed by atoms with van der Waals surface area (Å²) in [6, 6.07) is 8.14. The predicted molar refractivity (Wildman–Crippen MR) is 95.4 cm³/mol. The molecule has 2 aliphatic rings. The van der Waals surface area contributed by atoms with Crippen LogP contribution in [0.5, 0.6) is 0 Å². The van der Waals surface area contributed by atoms with Gasteiger partial charge in [0, 0.05) is 37.9 Å². The van der Waals surface area contributed by atoms with Crippen molar-refractivity contribution in [3.05, 3.63) is 35.9 Å². The maximum Gasteiger partial charge on any atom is 0.306 e. The van der Waals surface area contributed by atoms with Gasteiger partial charge in [0.1, 0.15) is 0 Å². The lowest BCUT2D eigenvalue weighted by Crippen LogP contribution is -2.39. The normalized spacial score (nSPS) is 19.4. The van der Waals surface area contributed by atoms with Crippen molar-refractivity contribution in [1.82, 2.24) is 4.90 Å². The summed E-state index contributed by atoms with van der Waals surface area (Å²) < 4.78 is 5.36. The number of piperidine rings is 1. The number of carboxylic acids is 1. The Labute approximate surface area is 147 Å². The number of nitrogens with zero attached hydrogens (tertiary/aromatic N) is 2. The second-order valence-electron chi connectivity index (χ2n) is 6.46. The average Bonchev–Trinajstić information content (AvgIpc) is 2.67. The maximum atomic E-state index is 12.2. The Morgan fingerprint density at radius 2 is 1.68 bits per heavy atom. The van der Waals surface area contributed by atoms with Crippen molar-refractivity contribution in [3.8, 4) is 0 Å². The van der Waals surface area contributed by atoms with Gasteiger partial charge in [-0.2, -0.15) is 0 Å². The molecule has 0 unspecified atom stereocenters. The molecule has 25 heavy (non-hydrogen) atoms. The standard InChI is InChI=1S/C19H24N2O4/c22-18(21-9-7-16(8-10-21)19(23)24)6-3-15-1-4-17(5-2-15)20-11-13-25-14-12-20/h1-6,16H,7-14H2,(H,23,24). The zero-order valence-electron chi connectivity index (χ0n) is 14.3. The van der Waals surface area contributed by atoms with Crippen LogP contribution in [0.25, 0.3) is 6.08 Å². The van der Waals surface area contributed by atoms with Gasteiger partial charge >= 0.3 is 5.97 Å². The molecule has 0 saturated carbocycles. The molecule has 6 heteroatoms. The summed E-state index contributed by atoms with van der Waals surface area (Å²) in [6.45, 7) is 4.34. The summed E-state index contributed by atoms with van der Waals surface area (Å²) in [6.07, 6.45) is 4.45. The molecule has 0 spiro atoms. The molecule has 6 nitrogen and oxygen atoms in total. The molecular formula is C19H24N2O4. The topological polar surface area (TPSA) is 70.1 Å². The van der Waals surface area contributed by atoms with Gasteiger partial charge in [0.15, 0.2) is 0 Å². The minimum atomic E-state index is -0.761. The van der Waals surface area contributed by atoms with Crippen LogP contribution in [-0.4, -0.2) is 61.3 Å². The molecule has 0 aliphatic carbocycles. The van der Waals surface area contributed by atoms with Crippen LogP contribution in [0.4, 0.5) is 5.69 Å². The first kappa shape index (κ1) is 17.5. The molecule has 1 aromatic rings. The molecule has 0 aromatic heterocycles. The van der Waals surface area contributed by atoms with Crippen LogP contribution in [0.2, 0.25) is 0 Å². The predicted octanol–water partition coefficient (Wildman–Crippen LogP) is 1.86. The largest absolute Gasteiger partial charge is 0.481 e. The summed E-state index contributed by atoms with van der Waals surface area (Å²) in [5.41, 5.74) is 2.15. The molecule has 2 saturated heterocycles. The van der Waals surface area contributed by atoms with Crippen molar-refractivity contribution in [3.63, 3.8) is 0 Å². The highest BCUT2D eigenvalue weighted by atomic mass is 16.5. The van der Waals surface area contributed by atoms with Crippen molar-refractivity contribution >= 4 is 23.6 Å². The fourth-order valence-corrected chi connectivity index (χ4v) is 3.24. The minimum Gasteiger partial charge on any atom is -0.481 e. The number of amides is 1. The van der Waals surface area contributed by atoms with Crippen molar-refractivity contribution in [2.45, 2.75) is 12.8 Å². The zero-order chi connectivity index (χ0) is 17.6. The Balaban J connectivity index is 1.53. The van der Waals surface area contributed by atoms with Crippen LogP contribution in [0.15, 0.2) is 30.3 Å². The molecule has 1 aromatic carbocycles. The SMILES string of the molecule is O=C(O)C1CCN(C(=O)C=Cc2ccc(N3CCOCC3)cc2)CC1. The van der Waals surface area contributed by atoms with E-state index < -0.39 is 5.97 Å². The Morgan fingerprint density at radius 3 is 2.28 bits per heavy atom. The van der Waals surface area contributed by atoms with Gasteiger partial charge in [0.05, 0.1) is 19.1 Å². The van der Waals surface area contributed by atoms with E-state index >= 15 is 0 Å². The minimum absolute atomic E-state index is 0.0545. The number of carboxylic acid groups (broad SMARTS) is 1. The van der Waals surface area contributed by atoms with Crippen LogP contribution < -0.4 is 4.90 Å². The molecule has 2 aliphatic heterocycles. The van der Waals surface area contributed by atoms with Gasteiger partial charge in [-0.25, -0.2) is 0 Å². The first-order chi connectivity index (χ1) is 12.1. The fourth-order valence-electron chi connectivity index (χ4n) is 3.24. The van der Waals surface area contributed by atoms with E-state index in [1.54, 1.807) is 11.0 Å². The van der Waals surface area contributed by atoms with E-state index in [9.17, 15) is 9.59 Å². The number of rotatable bonds is 4. The van der Waals surface area contributed by atoms with Crippen LogP contribution in [0, 0.1) is 5.92 Å². The molecule has 2 fully saturated rings. The maximum absolute atomic E-state index is 12.2. The monoisotopic (exact) mass is 344 g/mol. The Hall–Kier alpha value is -2.34. The second kappa shape index (κ2) is 8.16. The van der Waals surface area contributed by atoms with E-state index in [2.05, 4.69) is 17.0 Å². The number of hydrogen-bond acceptors (Lipinski definition) is 4. The van der Waals surface area contributed by atoms with Crippen molar-refractivity contribution < 1.29 is 19.4 Å². The highest BCUT2D eigenvalue weighted by molar-refractivity contribution is 5.92. The number of morpholine rings is 1. The number of ether oxygens (including phenoxy) is 1. The zero-order valence-corrected chi connectivity index (χ0v) is 14.3. The van der Waals surface area contributed by atoms with Crippen LogP contribution in [0.3, 0.4) is 0 Å². The lowest BCUT2D eigenvalue weighted by Gasteiger charge is -2.29. The molecule has 0 bridgehead atoms. The molecule has 1 amide bonds. The lowest BCUT2D eigenvalue weighted by atomic mass is 9.97. The number of likely N-dealkylation sites (tertiary alicyclic amines) is 1. The number of anilines is 1. The number of carbonyl (C=O) groups excluding carboxylic acids is 1. The molecule has 0 radical (unpaired) electrons. The number of aliphatic carboxylic acids is 1. The van der Waals surface area contributed by atoms with Gasteiger partial charge in [-0.3, -0.25) is 9.59 Å². The van der Waals surface area contributed by atoms with E-state index in [4.69, 9.17) is 9.84 Å². The number of benzene rings is 1. The van der Waals surface area contributed by atoms with Crippen molar-refractivity contribution in [1.29, 1.82) is 0 Å². The lowest BCUT2D eigenvalue weighted by molar-refractivity contribution is -0.144. The molecular weight excluding hydrogens is 320 g/mol. The molecule has 2 heterocycles. The average molecular weight is 344 g/mol. The van der Waals surface area contributed by atoms with E-state index in [1.165, 1.54) is 5.69 Å². The summed E-state index contributed by atoms with van der Waals surface area (Å²) >= 11 is 0. The van der Waals surface area contributed by atoms with E-state index in [0.717, 1.165) is 31.9 Å². The molecule has 3 rings (SSSR count). The summed E-state index contributed by atoms with van der Waals surface area (Å²) in [5, 5.41) is 9.00. The summed E-state index contributed by atoms with van der Waals surface area (Å²) in [4.78, 5) is 27.2. The molecule has 1 N–H and O–H groups in total. The Bertz CT molecular complexity index is 627. The van der Waals surface area contributed by atoms with Gasteiger partial charge in [0.25, 0.3) is 0 Å². The smallest absolute Gasteiger partial charge is 0.306 e. The van der Waals surface area contributed by atoms with Crippen LogP contribution >= 0.6 is 0 Å². The van der Waals surface area contributed by atoms with E-state index in [-0.39, 0.29) is 11.8 Å². The number of hydrogen-bond donors (Lipinski definition) is 1. The van der Waals surface area contributed by atoms with Gasteiger partial charge in [-0.15, -0.1) is 0 Å². The highest BCUT2D eigenvalue weighted by Gasteiger charge is 2.25. The van der Waals surface area contributed by atoms with Crippen molar-refractivity contribution in [2.24, 2.45) is 5.92 Å². The quantitative estimate of drug-likeness (QED) is 0.844. The highest BCUT2D eigenvalue weighted by Crippen LogP contribution is 2.19. The second-order valence-corrected chi connectivity index (χ2v) is 6.46. The molecule has 134 valence electrons. The Kier molecular flexibility index (Phi) is 5.71. The van der Waals surface area contributed by atoms with Gasteiger partial charge in [0.2, 0.25) is 5.91 Å². The van der Waals surface area contributed by atoms with Crippen LogP contribution in [0.1, 0.15) is 18.4 Å². The Morgan fingerprint density at radius 1 is 1.04 bits per heavy atom. The number of carbonyl (C=O) groups is 2. The third-order valence-corrected chi connectivity index (χ3v) is 4.84. The van der Waals surface area contributed by atoms with Gasteiger partial charge in [-0.05, 0) is 36.6 Å². The van der Waals surface area contributed by atoms with Gasteiger partial charge < -0.3 is 19.6 Å². The summed E-state index contributed by atoms with van der Waals surface area (Å²) in [7, 11) is 0. The fraction of sp³-hybridized carbons (Fsp3) is 0.474. The third-order valence-electron chi connectivity index (χ3n) is 4.84. The van der Waals surface area contributed by atoms with E-state index in [0.29, 0.717) is 25.9 Å². The molecule has 0 atom stereocenters. The van der Waals surface area contributed by atoms with E-state index in [1.807, 2.05) is 18.2 Å².